The first-order valence-electron chi connectivity index (χ1n) is 11.9. The van der Waals surface area contributed by atoms with E-state index in [1.807, 2.05) is 79.2 Å². The third-order valence-electron chi connectivity index (χ3n) is 5.83. The Kier molecular flexibility index (Phi) is 6.72. The van der Waals surface area contributed by atoms with Crippen molar-refractivity contribution in [3.8, 4) is 5.75 Å². The number of nitrogens with zero attached hydrogens (tertiary/aromatic N) is 2. The number of aromatic nitrogens is 1. The fourth-order valence-electron chi connectivity index (χ4n) is 4.19. The van der Waals surface area contributed by atoms with E-state index in [-0.39, 0.29) is 18.2 Å². The SMILES string of the molecule is CCOc1ccc2oc(C(=O)N/N=C/c3cn(CC(=O)Nc4cccc(C)c4)c4ccccc34)cc2c1. The van der Waals surface area contributed by atoms with E-state index in [9.17, 15) is 9.59 Å². The number of para-hydroxylation sites is 1. The summed E-state index contributed by atoms with van der Waals surface area (Å²) in [4.78, 5) is 25.3. The standard InChI is InChI=1S/C29H26N4O4/c1-3-36-23-11-12-26-20(14-23)15-27(37-26)29(35)32-30-16-21-17-33(25-10-5-4-9-24(21)25)18-28(34)31-22-8-6-7-19(2)13-22/h4-17H,3,18H2,1-2H3,(H,31,34)(H,32,35)/b30-16+. The van der Waals surface area contributed by atoms with Gasteiger partial charge in [0.05, 0.1) is 12.8 Å². The van der Waals surface area contributed by atoms with Gasteiger partial charge in [-0.25, -0.2) is 5.43 Å². The number of aryl methyl sites for hydroxylation is 1. The number of nitrogens with one attached hydrogen (secondary N) is 2. The van der Waals surface area contributed by atoms with Gasteiger partial charge in [-0.15, -0.1) is 0 Å². The first-order chi connectivity index (χ1) is 18.0. The van der Waals surface area contributed by atoms with Crippen molar-refractivity contribution in [2.45, 2.75) is 20.4 Å². The first-order valence-corrected chi connectivity index (χ1v) is 11.9. The van der Waals surface area contributed by atoms with Crippen molar-refractivity contribution >= 4 is 45.6 Å². The van der Waals surface area contributed by atoms with Crippen molar-refractivity contribution in [1.29, 1.82) is 0 Å². The Morgan fingerprint density at radius 1 is 1.05 bits per heavy atom. The summed E-state index contributed by atoms with van der Waals surface area (Å²) >= 11 is 0. The minimum atomic E-state index is -0.466. The zero-order valence-electron chi connectivity index (χ0n) is 20.5. The number of amides is 2. The molecule has 2 amide bonds. The maximum Gasteiger partial charge on any atom is 0.307 e. The summed E-state index contributed by atoms with van der Waals surface area (Å²) < 4.78 is 13.0. The molecular weight excluding hydrogens is 468 g/mol. The molecule has 8 heteroatoms. The molecule has 5 rings (SSSR count). The molecule has 0 fully saturated rings. The van der Waals surface area contributed by atoms with Gasteiger partial charge in [0.2, 0.25) is 5.91 Å². The van der Waals surface area contributed by atoms with Crippen molar-refractivity contribution in [3.63, 3.8) is 0 Å². The second-order valence-electron chi connectivity index (χ2n) is 8.59. The number of benzene rings is 3. The summed E-state index contributed by atoms with van der Waals surface area (Å²) in [5.41, 5.74) is 6.59. The van der Waals surface area contributed by atoms with Gasteiger partial charge < -0.3 is 19.0 Å². The minimum Gasteiger partial charge on any atom is -0.494 e. The Labute approximate surface area is 213 Å². The van der Waals surface area contributed by atoms with E-state index in [1.165, 1.54) is 0 Å². The number of rotatable bonds is 8. The summed E-state index contributed by atoms with van der Waals surface area (Å²) in [5.74, 6) is 0.257. The van der Waals surface area contributed by atoms with Crippen LogP contribution in [0.4, 0.5) is 5.69 Å². The molecule has 37 heavy (non-hydrogen) atoms. The average molecular weight is 495 g/mol. The smallest absolute Gasteiger partial charge is 0.307 e. The van der Waals surface area contributed by atoms with Crippen LogP contribution in [0.2, 0.25) is 0 Å². The molecule has 0 spiro atoms. The number of hydrogen-bond donors (Lipinski definition) is 2. The molecule has 0 atom stereocenters. The van der Waals surface area contributed by atoms with Gasteiger partial charge in [-0.05, 0) is 61.9 Å². The monoisotopic (exact) mass is 494 g/mol. The topological polar surface area (TPSA) is 97.9 Å². The lowest BCUT2D eigenvalue weighted by molar-refractivity contribution is -0.116. The summed E-state index contributed by atoms with van der Waals surface area (Å²) in [5, 5.41) is 8.75. The lowest BCUT2D eigenvalue weighted by Gasteiger charge is -2.08. The van der Waals surface area contributed by atoms with Crippen LogP contribution in [0, 0.1) is 6.92 Å². The molecule has 2 heterocycles. The number of hydrazone groups is 1. The lowest BCUT2D eigenvalue weighted by atomic mass is 10.2. The molecule has 0 saturated heterocycles. The van der Waals surface area contributed by atoms with E-state index in [1.54, 1.807) is 24.4 Å². The molecule has 0 aliphatic carbocycles. The summed E-state index contributed by atoms with van der Waals surface area (Å²) in [7, 11) is 0. The predicted octanol–water partition coefficient (Wildman–Crippen LogP) is 5.50. The lowest BCUT2D eigenvalue weighted by Crippen LogP contribution is -2.18. The van der Waals surface area contributed by atoms with Gasteiger partial charge in [0.15, 0.2) is 5.76 Å². The molecule has 0 saturated carbocycles. The van der Waals surface area contributed by atoms with Crippen LogP contribution in [-0.4, -0.2) is 29.2 Å². The molecule has 3 aromatic carbocycles. The summed E-state index contributed by atoms with van der Waals surface area (Å²) in [6.45, 7) is 4.58. The van der Waals surface area contributed by atoms with Crippen LogP contribution >= 0.6 is 0 Å². The molecule has 5 aromatic rings. The fourth-order valence-corrected chi connectivity index (χ4v) is 4.19. The highest BCUT2D eigenvalue weighted by Crippen LogP contribution is 2.24. The normalized spacial score (nSPS) is 11.3. The second kappa shape index (κ2) is 10.4. The third kappa shape index (κ3) is 5.38. The maximum atomic E-state index is 12.7. The zero-order chi connectivity index (χ0) is 25.8. The molecule has 0 aliphatic rings. The second-order valence-corrected chi connectivity index (χ2v) is 8.59. The molecule has 2 N–H and O–H groups in total. The van der Waals surface area contributed by atoms with Crippen LogP contribution in [0.1, 0.15) is 28.6 Å². The van der Waals surface area contributed by atoms with Gasteiger partial charge in [0.25, 0.3) is 0 Å². The van der Waals surface area contributed by atoms with Gasteiger partial charge >= 0.3 is 5.91 Å². The van der Waals surface area contributed by atoms with E-state index < -0.39 is 5.91 Å². The molecule has 0 radical (unpaired) electrons. The van der Waals surface area contributed by atoms with Crippen molar-refractivity contribution in [2.75, 3.05) is 11.9 Å². The number of furan rings is 1. The van der Waals surface area contributed by atoms with Crippen LogP contribution in [-0.2, 0) is 11.3 Å². The zero-order valence-corrected chi connectivity index (χ0v) is 20.5. The average Bonchev–Trinajstić information content (AvgIpc) is 3.46. The fraction of sp³-hybridized carbons (Fsp3) is 0.138. The number of ether oxygens (including phenoxy) is 1. The molecule has 8 nitrogen and oxygen atoms in total. The van der Waals surface area contributed by atoms with E-state index in [0.29, 0.717) is 17.9 Å². The summed E-state index contributed by atoms with van der Waals surface area (Å²) in [6, 6.07) is 22.4. The van der Waals surface area contributed by atoms with Crippen LogP contribution < -0.4 is 15.5 Å². The highest BCUT2D eigenvalue weighted by molar-refractivity contribution is 6.01. The van der Waals surface area contributed by atoms with Crippen molar-refractivity contribution in [3.05, 3.63) is 95.9 Å². The van der Waals surface area contributed by atoms with Crippen molar-refractivity contribution in [1.82, 2.24) is 9.99 Å². The molecule has 186 valence electrons. The van der Waals surface area contributed by atoms with Gasteiger partial charge in [-0.2, -0.15) is 5.10 Å². The Balaban J connectivity index is 1.30. The summed E-state index contributed by atoms with van der Waals surface area (Å²) in [6.07, 6.45) is 3.40. The highest BCUT2D eigenvalue weighted by Gasteiger charge is 2.13. The number of carbonyl (C=O) groups excluding carboxylic acids is 2. The number of anilines is 1. The quantitative estimate of drug-likeness (QED) is 0.220. The van der Waals surface area contributed by atoms with Crippen LogP contribution in [0.5, 0.6) is 5.75 Å². The molecular formula is C29H26N4O4. The Bertz CT molecular complexity index is 1630. The highest BCUT2D eigenvalue weighted by atomic mass is 16.5. The molecule has 0 aliphatic heterocycles. The largest absolute Gasteiger partial charge is 0.494 e. The van der Waals surface area contributed by atoms with E-state index >= 15 is 0 Å². The number of carbonyl (C=O) groups is 2. The number of fused-ring (bicyclic) bond motifs is 2. The molecule has 0 unspecified atom stereocenters. The van der Waals surface area contributed by atoms with Crippen LogP contribution in [0.15, 0.2) is 88.5 Å². The Morgan fingerprint density at radius 2 is 1.92 bits per heavy atom. The van der Waals surface area contributed by atoms with Crippen molar-refractivity contribution in [2.24, 2.45) is 5.10 Å². The third-order valence-corrected chi connectivity index (χ3v) is 5.83. The van der Waals surface area contributed by atoms with E-state index in [0.717, 1.165) is 33.1 Å². The van der Waals surface area contributed by atoms with E-state index in [4.69, 9.17) is 9.15 Å². The predicted molar refractivity (Wildman–Crippen MR) is 144 cm³/mol. The maximum absolute atomic E-state index is 12.7. The Morgan fingerprint density at radius 3 is 2.76 bits per heavy atom. The van der Waals surface area contributed by atoms with Gasteiger partial charge in [-0.3, -0.25) is 9.59 Å². The van der Waals surface area contributed by atoms with Crippen LogP contribution in [0.25, 0.3) is 21.9 Å². The molecule has 2 aromatic heterocycles. The van der Waals surface area contributed by atoms with Gasteiger partial charge in [0.1, 0.15) is 17.9 Å². The minimum absolute atomic E-state index is 0.136. The first kappa shape index (κ1) is 23.9. The van der Waals surface area contributed by atoms with E-state index in [2.05, 4.69) is 15.8 Å². The van der Waals surface area contributed by atoms with Gasteiger partial charge in [-0.1, -0.05) is 30.3 Å². The Hall–Kier alpha value is -4.85. The van der Waals surface area contributed by atoms with Gasteiger partial charge in [0, 0.05) is 33.7 Å². The number of hydrogen-bond acceptors (Lipinski definition) is 5. The molecule has 0 bridgehead atoms. The van der Waals surface area contributed by atoms with Crippen LogP contribution in [0.3, 0.4) is 0 Å². The van der Waals surface area contributed by atoms with Crippen molar-refractivity contribution < 1.29 is 18.7 Å².